The Balaban J connectivity index is 2.02. The van der Waals surface area contributed by atoms with Crippen LogP contribution in [0.15, 0.2) is 0 Å². The molecule has 3 nitrogen and oxygen atoms in total. The van der Waals surface area contributed by atoms with Gasteiger partial charge in [0, 0.05) is 14.2 Å². The van der Waals surface area contributed by atoms with Crippen LogP contribution in [-0.4, -0.2) is 35.7 Å². The van der Waals surface area contributed by atoms with Crippen molar-refractivity contribution in [3.63, 3.8) is 0 Å². The lowest BCUT2D eigenvalue weighted by Gasteiger charge is -2.43. The third-order valence-electron chi connectivity index (χ3n) is 4.08. The summed E-state index contributed by atoms with van der Waals surface area (Å²) in [4.78, 5) is 0. The molecule has 1 heterocycles. The Morgan fingerprint density at radius 2 is 1.80 bits per heavy atom. The molecule has 0 aromatic heterocycles. The van der Waals surface area contributed by atoms with Crippen molar-refractivity contribution in [3.05, 3.63) is 0 Å². The molecule has 0 spiro atoms. The minimum atomic E-state index is -1.48. The molecule has 0 aromatic carbocycles. The summed E-state index contributed by atoms with van der Waals surface area (Å²) in [7, 11) is 2.12. The van der Waals surface area contributed by atoms with Crippen LogP contribution in [0.3, 0.4) is 0 Å². The lowest BCUT2D eigenvalue weighted by Crippen LogP contribution is -2.56. The quantitative estimate of drug-likeness (QED) is 0.738. The summed E-state index contributed by atoms with van der Waals surface area (Å²) in [6.45, 7) is 1.15. The third kappa shape index (κ3) is 2.44. The van der Waals surface area contributed by atoms with Crippen LogP contribution >= 0.6 is 0 Å². The molecule has 1 saturated heterocycles. The van der Waals surface area contributed by atoms with E-state index in [-0.39, 0.29) is 0 Å². The molecular formula is C11H23NO2Si. The molecule has 0 radical (unpaired) electrons. The summed E-state index contributed by atoms with van der Waals surface area (Å²) in [5.41, 5.74) is 0.541. The van der Waals surface area contributed by atoms with Gasteiger partial charge in [-0.25, -0.2) is 0 Å². The van der Waals surface area contributed by atoms with Crippen molar-refractivity contribution in [2.45, 2.75) is 37.8 Å². The van der Waals surface area contributed by atoms with E-state index in [2.05, 4.69) is 5.32 Å². The monoisotopic (exact) mass is 229 g/mol. The third-order valence-corrected chi connectivity index (χ3v) is 6.33. The molecular weight excluding hydrogens is 206 g/mol. The molecule has 4 heteroatoms. The Hall–Kier alpha value is 0.0969. The second kappa shape index (κ2) is 5.43. The molecule has 0 aromatic rings. The Morgan fingerprint density at radius 3 is 2.53 bits per heavy atom. The van der Waals surface area contributed by atoms with Gasteiger partial charge in [-0.3, -0.25) is 0 Å². The van der Waals surface area contributed by atoms with E-state index in [9.17, 15) is 0 Å². The van der Waals surface area contributed by atoms with Crippen LogP contribution in [0.5, 0.6) is 0 Å². The summed E-state index contributed by atoms with van der Waals surface area (Å²) in [5, 5.41) is 3.63. The first-order valence-electron chi connectivity index (χ1n) is 6.15. The summed E-state index contributed by atoms with van der Waals surface area (Å²) in [5.74, 6) is 1.76. The maximum Gasteiger partial charge on any atom is 0.338 e. The van der Waals surface area contributed by atoms with E-state index in [1.807, 2.05) is 0 Å². The molecule has 3 atom stereocenters. The van der Waals surface area contributed by atoms with E-state index < -0.39 is 9.28 Å². The Labute approximate surface area is 94.4 Å². The lowest BCUT2D eigenvalue weighted by molar-refractivity contribution is 0.136. The van der Waals surface area contributed by atoms with E-state index in [1.165, 1.54) is 32.1 Å². The molecule has 1 aliphatic carbocycles. The highest BCUT2D eigenvalue weighted by Crippen LogP contribution is 2.37. The molecule has 2 fully saturated rings. The normalized spacial score (nSPS) is 36.6. The van der Waals surface area contributed by atoms with Crippen molar-refractivity contribution in [1.29, 1.82) is 0 Å². The minimum Gasteiger partial charge on any atom is -0.399 e. The van der Waals surface area contributed by atoms with E-state index in [0.29, 0.717) is 5.67 Å². The zero-order chi connectivity index (χ0) is 10.7. The fourth-order valence-corrected chi connectivity index (χ4v) is 5.39. The van der Waals surface area contributed by atoms with Crippen molar-refractivity contribution < 1.29 is 8.85 Å². The molecule has 3 unspecified atom stereocenters. The van der Waals surface area contributed by atoms with Crippen LogP contribution < -0.4 is 5.32 Å². The van der Waals surface area contributed by atoms with Gasteiger partial charge in [0.2, 0.25) is 0 Å². The number of nitrogens with one attached hydrogen (secondary N) is 1. The minimum absolute atomic E-state index is 0.541. The first-order chi connectivity index (χ1) is 7.36. The Kier molecular flexibility index (Phi) is 4.19. The van der Waals surface area contributed by atoms with E-state index in [1.54, 1.807) is 14.2 Å². The summed E-state index contributed by atoms with van der Waals surface area (Å²) < 4.78 is 11.1. The van der Waals surface area contributed by atoms with Gasteiger partial charge >= 0.3 is 9.28 Å². The van der Waals surface area contributed by atoms with E-state index in [4.69, 9.17) is 8.85 Å². The van der Waals surface area contributed by atoms with Crippen molar-refractivity contribution in [3.8, 4) is 0 Å². The standard InChI is InChI=1S/C11H23NO2Si/c1-13-15(14-2)11-10-6-4-3-5-9(10)7-8-12-11/h9-12,15H,3-8H2,1-2H3. The van der Waals surface area contributed by atoms with E-state index >= 15 is 0 Å². The van der Waals surface area contributed by atoms with Crippen LogP contribution in [0.2, 0.25) is 0 Å². The molecule has 0 bridgehead atoms. The fourth-order valence-electron chi connectivity index (χ4n) is 3.34. The molecule has 1 aliphatic heterocycles. The van der Waals surface area contributed by atoms with Crippen molar-refractivity contribution in [1.82, 2.24) is 5.32 Å². The van der Waals surface area contributed by atoms with Crippen molar-refractivity contribution >= 4 is 9.28 Å². The molecule has 0 amide bonds. The van der Waals surface area contributed by atoms with Crippen molar-refractivity contribution in [2.75, 3.05) is 20.8 Å². The topological polar surface area (TPSA) is 30.5 Å². The lowest BCUT2D eigenvalue weighted by atomic mass is 9.75. The zero-order valence-electron chi connectivity index (χ0n) is 9.87. The first kappa shape index (κ1) is 11.6. The average Bonchev–Trinajstić information content (AvgIpc) is 2.31. The first-order valence-corrected chi connectivity index (χ1v) is 7.76. The largest absolute Gasteiger partial charge is 0.399 e. The molecule has 1 saturated carbocycles. The maximum absolute atomic E-state index is 5.54. The summed E-state index contributed by atoms with van der Waals surface area (Å²) in [6.07, 6.45) is 6.99. The SMILES string of the molecule is CO[SiH](OC)C1NCCC2CCCCC21. The van der Waals surface area contributed by atoms with Gasteiger partial charge in [-0.1, -0.05) is 19.3 Å². The van der Waals surface area contributed by atoms with Crippen LogP contribution in [-0.2, 0) is 8.85 Å². The van der Waals surface area contributed by atoms with Crippen molar-refractivity contribution in [2.24, 2.45) is 11.8 Å². The molecule has 2 rings (SSSR count). The van der Waals surface area contributed by atoms with Crippen LogP contribution in [0, 0.1) is 11.8 Å². The number of piperidine rings is 1. The predicted molar refractivity (Wildman–Crippen MR) is 63.0 cm³/mol. The van der Waals surface area contributed by atoms with Gasteiger partial charge in [0.15, 0.2) is 0 Å². The molecule has 15 heavy (non-hydrogen) atoms. The van der Waals surface area contributed by atoms with Gasteiger partial charge in [0.05, 0.1) is 5.67 Å². The number of rotatable bonds is 3. The second-order valence-corrected chi connectivity index (χ2v) is 7.21. The number of hydrogen-bond donors (Lipinski definition) is 1. The number of fused-ring (bicyclic) bond motifs is 1. The molecule has 88 valence electrons. The van der Waals surface area contributed by atoms with Gasteiger partial charge in [-0.05, 0) is 31.2 Å². The zero-order valence-corrected chi connectivity index (χ0v) is 11.0. The fraction of sp³-hybridized carbons (Fsp3) is 1.00. The van der Waals surface area contributed by atoms with E-state index in [0.717, 1.165) is 18.4 Å². The summed E-state index contributed by atoms with van der Waals surface area (Å²) in [6, 6.07) is 0. The van der Waals surface area contributed by atoms with Crippen LogP contribution in [0.25, 0.3) is 0 Å². The van der Waals surface area contributed by atoms with Gasteiger partial charge < -0.3 is 14.2 Å². The second-order valence-electron chi connectivity index (χ2n) is 4.82. The van der Waals surface area contributed by atoms with Gasteiger partial charge in [-0.2, -0.15) is 0 Å². The predicted octanol–water partition coefficient (Wildman–Crippen LogP) is 1.21. The van der Waals surface area contributed by atoms with Crippen LogP contribution in [0.1, 0.15) is 32.1 Å². The highest BCUT2D eigenvalue weighted by atomic mass is 28.3. The summed E-state index contributed by atoms with van der Waals surface area (Å²) >= 11 is 0. The van der Waals surface area contributed by atoms with Gasteiger partial charge in [0.25, 0.3) is 0 Å². The Morgan fingerprint density at radius 1 is 1.07 bits per heavy atom. The Bertz CT molecular complexity index is 197. The van der Waals surface area contributed by atoms with Crippen LogP contribution in [0.4, 0.5) is 0 Å². The highest BCUT2D eigenvalue weighted by molar-refractivity contribution is 6.46. The number of hydrogen-bond acceptors (Lipinski definition) is 3. The smallest absolute Gasteiger partial charge is 0.338 e. The maximum atomic E-state index is 5.54. The van der Waals surface area contributed by atoms with Gasteiger partial charge in [-0.15, -0.1) is 0 Å². The molecule has 1 N–H and O–H groups in total. The highest BCUT2D eigenvalue weighted by Gasteiger charge is 2.40. The van der Waals surface area contributed by atoms with Gasteiger partial charge in [0.1, 0.15) is 0 Å². The molecule has 2 aliphatic rings. The average molecular weight is 229 g/mol.